The first-order chi connectivity index (χ1) is 6.50. The minimum atomic E-state index is -2.33. The van der Waals surface area contributed by atoms with Crippen LogP contribution in [0.25, 0.3) is 11.2 Å². The molecule has 0 aliphatic heterocycles. The van der Waals surface area contributed by atoms with Gasteiger partial charge in [0, 0.05) is 11.1 Å². The average Bonchev–Trinajstić information content (AvgIpc) is 2.50. The largest absolute Gasteiger partial charge is 0.340 e. The number of aryl methyl sites for hydroxylation is 1. The minimum absolute atomic E-state index is 0.0157. The Kier molecular flexibility index (Phi) is 0.637. The van der Waals surface area contributed by atoms with Crippen LogP contribution >= 0.6 is 0 Å². The molecule has 0 spiro atoms. The SMILES string of the molecule is [2H]C([2H])([2H])n1cnc(=N)c2[nH]cnc21. The summed E-state index contributed by atoms with van der Waals surface area (Å²) in [7, 11) is 0. The van der Waals surface area contributed by atoms with Gasteiger partial charge in [0.2, 0.25) is 0 Å². The van der Waals surface area contributed by atoms with Crippen LogP contribution in [0.5, 0.6) is 0 Å². The molecule has 2 aromatic heterocycles. The molecule has 0 radical (unpaired) electrons. The summed E-state index contributed by atoms with van der Waals surface area (Å²) in [5, 5.41) is 7.40. The van der Waals surface area contributed by atoms with E-state index in [1.165, 1.54) is 6.33 Å². The smallest absolute Gasteiger partial charge is 0.173 e. The number of imidazole rings is 1. The van der Waals surface area contributed by atoms with Gasteiger partial charge < -0.3 is 9.55 Å². The zero-order valence-electron chi connectivity index (χ0n) is 8.50. The fourth-order valence-electron chi connectivity index (χ4n) is 0.879. The summed E-state index contributed by atoms with van der Waals surface area (Å²) in [5.74, 6) is 0. The van der Waals surface area contributed by atoms with Crippen LogP contribution in [0.1, 0.15) is 4.11 Å². The highest BCUT2D eigenvalue weighted by Gasteiger charge is 1.99. The van der Waals surface area contributed by atoms with E-state index in [1.807, 2.05) is 0 Å². The van der Waals surface area contributed by atoms with Crippen molar-refractivity contribution in [2.45, 2.75) is 0 Å². The summed E-state index contributed by atoms with van der Waals surface area (Å²) in [6.45, 7) is -2.33. The fraction of sp³-hybridized carbons (Fsp3) is 0.167. The van der Waals surface area contributed by atoms with Crippen LogP contribution in [0, 0.1) is 5.41 Å². The predicted octanol–water partition coefficient (Wildman–Crippen LogP) is -0.224. The Morgan fingerprint density at radius 1 is 1.73 bits per heavy atom. The van der Waals surface area contributed by atoms with Crippen molar-refractivity contribution in [2.75, 3.05) is 0 Å². The van der Waals surface area contributed by atoms with Crippen molar-refractivity contribution >= 4 is 11.2 Å². The van der Waals surface area contributed by atoms with Gasteiger partial charge in [-0.1, -0.05) is 0 Å². The number of hydrogen-bond acceptors (Lipinski definition) is 3. The van der Waals surface area contributed by atoms with Crippen LogP contribution in [-0.2, 0) is 6.98 Å². The van der Waals surface area contributed by atoms with Crippen LogP contribution in [0.4, 0.5) is 0 Å². The Bertz CT molecular complexity index is 522. The monoisotopic (exact) mass is 152 g/mol. The third-order valence-electron chi connectivity index (χ3n) is 1.39. The van der Waals surface area contributed by atoms with Gasteiger partial charge in [-0.15, -0.1) is 0 Å². The summed E-state index contributed by atoms with van der Waals surface area (Å²) >= 11 is 0. The molecule has 11 heavy (non-hydrogen) atoms. The maximum absolute atomic E-state index is 7.40. The molecule has 0 fully saturated rings. The molecule has 5 heteroatoms. The summed E-state index contributed by atoms with van der Waals surface area (Å²) in [5.41, 5.74) is 0.520. The lowest BCUT2D eigenvalue weighted by Crippen LogP contribution is -2.10. The molecule has 5 nitrogen and oxygen atoms in total. The van der Waals surface area contributed by atoms with Gasteiger partial charge in [0.1, 0.15) is 5.52 Å². The van der Waals surface area contributed by atoms with Crippen molar-refractivity contribution in [2.24, 2.45) is 6.98 Å². The highest BCUT2D eigenvalue weighted by molar-refractivity contribution is 5.67. The first kappa shape index (κ1) is 3.66. The number of H-pyrrole nitrogens is 1. The second kappa shape index (κ2) is 1.91. The quantitative estimate of drug-likeness (QED) is 0.547. The summed E-state index contributed by atoms with van der Waals surface area (Å²) in [4.78, 5) is 10.1. The second-order valence-electron chi connectivity index (χ2n) is 2.06. The molecule has 2 N–H and O–H groups in total. The van der Waals surface area contributed by atoms with Gasteiger partial charge in [0.25, 0.3) is 0 Å². The highest BCUT2D eigenvalue weighted by Crippen LogP contribution is 1.98. The molecule has 0 unspecified atom stereocenters. The zero-order chi connectivity index (χ0) is 10.3. The van der Waals surface area contributed by atoms with Crippen LogP contribution < -0.4 is 5.49 Å². The maximum atomic E-state index is 7.40. The molecule has 0 atom stereocenters. The number of nitrogens with one attached hydrogen (secondary N) is 2. The number of nitrogens with zero attached hydrogens (tertiary/aromatic N) is 3. The molecule has 0 aromatic carbocycles. The van der Waals surface area contributed by atoms with Crippen molar-refractivity contribution < 1.29 is 4.11 Å². The molecular weight excluding hydrogens is 142 g/mol. The number of aromatic nitrogens is 4. The molecular formula is C6H7N5. The lowest BCUT2D eigenvalue weighted by Gasteiger charge is -1.95. The Labute approximate surface area is 66.5 Å². The van der Waals surface area contributed by atoms with Gasteiger partial charge in [-0.2, -0.15) is 0 Å². The Balaban J connectivity index is 2.86. The van der Waals surface area contributed by atoms with Gasteiger partial charge in [-0.3, -0.25) is 5.41 Å². The third kappa shape index (κ3) is 0.739. The molecule has 2 aromatic rings. The summed E-state index contributed by atoms with van der Waals surface area (Å²) in [6.07, 6.45) is 2.44. The van der Waals surface area contributed by atoms with Gasteiger partial charge in [0.15, 0.2) is 11.1 Å². The zero-order valence-corrected chi connectivity index (χ0v) is 5.50. The fourth-order valence-corrected chi connectivity index (χ4v) is 0.879. The van der Waals surface area contributed by atoms with Crippen molar-refractivity contribution in [3.63, 3.8) is 0 Å². The summed E-state index contributed by atoms with van der Waals surface area (Å²) < 4.78 is 22.6. The van der Waals surface area contributed by atoms with Crippen LogP contribution in [0.2, 0.25) is 0 Å². The maximum Gasteiger partial charge on any atom is 0.173 e. The molecule has 0 saturated carbocycles. The Morgan fingerprint density at radius 3 is 3.45 bits per heavy atom. The van der Waals surface area contributed by atoms with E-state index in [2.05, 4.69) is 15.0 Å². The van der Waals surface area contributed by atoms with E-state index in [0.717, 1.165) is 10.9 Å². The van der Waals surface area contributed by atoms with Crippen LogP contribution in [0.3, 0.4) is 0 Å². The molecule has 0 saturated heterocycles. The van der Waals surface area contributed by atoms with Crippen LogP contribution in [-0.4, -0.2) is 19.5 Å². The molecule has 0 aliphatic rings. The number of fused-ring (bicyclic) bond motifs is 1. The molecule has 0 amide bonds. The highest BCUT2D eigenvalue weighted by atomic mass is 15.1. The molecule has 0 aliphatic carbocycles. The lowest BCUT2D eigenvalue weighted by atomic mass is 10.5. The molecule has 2 rings (SSSR count). The molecule has 56 valence electrons. The van der Waals surface area contributed by atoms with Crippen molar-refractivity contribution in [1.29, 1.82) is 5.41 Å². The van der Waals surface area contributed by atoms with E-state index in [9.17, 15) is 0 Å². The number of rotatable bonds is 0. The summed E-state index contributed by atoms with van der Waals surface area (Å²) in [6, 6.07) is 0. The van der Waals surface area contributed by atoms with Crippen molar-refractivity contribution in [3.05, 3.63) is 18.1 Å². The van der Waals surface area contributed by atoms with Gasteiger partial charge in [-0.05, 0) is 0 Å². The second-order valence-corrected chi connectivity index (χ2v) is 2.06. The topological polar surface area (TPSA) is 70.3 Å². The van der Waals surface area contributed by atoms with Gasteiger partial charge in [0.05, 0.1) is 12.7 Å². The van der Waals surface area contributed by atoms with Gasteiger partial charge >= 0.3 is 0 Å². The molecule has 2 heterocycles. The van der Waals surface area contributed by atoms with Crippen molar-refractivity contribution in [3.8, 4) is 0 Å². The number of aromatic amines is 1. The molecule has 0 bridgehead atoms. The Morgan fingerprint density at radius 2 is 2.64 bits per heavy atom. The van der Waals surface area contributed by atoms with E-state index < -0.39 is 6.98 Å². The van der Waals surface area contributed by atoms with E-state index in [1.54, 1.807) is 0 Å². The normalized spacial score (nSPS) is 15.8. The van der Waals surface area contributed by atoms with Gasteiger partial charge in [-0.25, -0.2) is 9.97 Å². The van der Waals surface area contributed by atoms with E-state index in [4.69, 9.17) is 9.52 Å². The first-order valence-corrected chi connectivity index (χ1v) is 2.96. The minimum Gasteiger partial charge on any atom is -0.340 e. The van der Waals surface area contributed by atoms with E-state index >= 15 is 0 Å². The standard InChI is InChI=1S/C6H7N5/c1-11-3-10-5(7)4-6(11)9-2-8-4/h2-3,7H,1H3,(H,8,9)/i1D3. The number of hydrogen-bond donors (Lipinski definition) is 2. The van der Waals surface area contributed by atoms with E-state index in [-0.39, 0.29) is 11.1 Å². The Hall–Kier alpha value is -1.65. The lowest BCUT2D eigenvalue weighted by molar-refractivity contribution is 0.876. The average molecular weight is 152 g/mol. The van der Waals surface area contributed by atoms with Crippen molar-refractivity contribution in [1.82, 2.24) is 19.5 Å². The predicted molar refractivity (Wildman–Crippen MR) is 38.7 cm³/mol. The van der Waals surface area contributed by atoms with Crippen LogP contribution in [0.15, 0.2) is 12.7 Å². The van der Waals surface area contributed by atoms with E-state index in [0.29, 0.717) is 5.52 Å². The third-order valence-corrected chi connectivity index (χ3v) is 1.39. The first-order valence-electron chi connectivity index (χ1n) is 4.46.